The lowest BCUT2D eigenvalue weighted by Crippen LogP contribution is -2.50. The molecule has 1 aliphatic rings. The Hall–Kier alpha value is -2.35. The maximum atomic E-state index is 12.8. The molecule has 27 heavy (non-hydrogen) atoms. The summed E-state index contributed by atoms with van der Waals surface area (Å²) in [7, 11) is -3.62. The topological polar surface area (TPSA) is 73.5 Å². The van der Waals surface area contributed by atoms with Crippen molar-refractivity contribution in [2.75, 3.05) is 26.2 Å². The van der Waals surface area contributed by atoms with Crippen LogP contribution in [0.25, 0.3) is 10.9 Å². The summed E-state index contributed by atoms with van der Waals surface area (Å²) < 4.78 is 26.9. The molecule has 1 saturated heterocycles. The third-order valence-electron chi connectivity index (χ3n) is 4.72. The molecule has 1 aromatic heterocycles. The van der Waals surface area contributed by atoms with Gasteiger partial charge in [0.1, 0.15) is 5.69 Å². The minimum Gasteiger partial charge on any atom is -0.351 e. The van der Waals surface area contributed by atoms with Crippen LogP contribution >= 0.6 is 11.6 Å². The second kappa shape index (κ2) is 6.99. The number of benzene rings is 2. The maximum absolute atomic E-state index is 12.8. The molecule has 1 amide bonds. The molecule has 0 unspecified atom stereocenters. The lowest BCUT2D eigenvalue weighted by molar-refractivity contribution is 0.0693. The Morgan fingerprint density at radius 2 is 1.70 bits per heavy atom. The highest BCUT2D eigenvalue weighted by Crippen LogP contribution is 2.22. The van der Waals surface area contributed by atoms with Gasteiger partial charge in [-0.2, -0.15) is 4.31 Å². The fourth-order valence-corrected chi connectivity index (χ4v) is 4.99. The summed E-state index contributed by atoms with van der Waals surface area (Å²) in [6.07, 6.45) is 0. The second-order valence-corrected chi connectivity index (χ2v) is 8.80. The van der Waals surface area contributed by atoms with Crippen LogP contribution in [0, 0.1) is 0 Å². The van der Waals surface area contributed by atoms with Gasteiger partial charge in [0.2, 0.25) is 10.0 Å². The summed E-state index contributed by atoms with van der Waals surface area (Å²) in [4.78, 5) is 17.7. The van der Waals surface area contributed by atoms with Crippen LogP contribution in [0.3, 0.4) is 0 Å². The first-order valence-corrected chi connectivity index (χ1v) is 10.4. The van der Waals surface area contributed by atoms with E-state index in [1.807, 2.05) is 30.3 Å². The molecule has 0 bridgehead atoms. The van der Waals surface area contributed by atoms with E-state index < -0.39 is 10.0 Å². The maximum Gasteiger partial charge on any atom is 0.270 e. The second-order valence-electron chi connectivity index (χ2n) is 6.42. The quantitative estimate of drug-likeness (QED) is 0.730. The third kappa shape index (κ3) is 3.45. The number of aromatic amines is 1. The van der Waals surface area contributed by atoms with E-state index in [-0.39, 0.29) is 23.9 Å². The van der Waals surface area contributed by atoms with Crippen LogP contribution in [0.5, 0.6) is 0 Å². The lowest BCUT2D eigenvalue weighted by atomic mass is 10.2. The Labute approximate surface area is 162 Å². The van der Waals surface area contributed by atoms with Crippen LogP contribution in [0.15, 0.2) is 59.5 Å². The van der Waals surface area contributed by atoms with Crippen molar-refractivity contribution in [1.82, 2.24) is 14.2 Å². The first-order valence-electron chi connectivity index (χ1n) is 8.58. The fraction of sp³-hybridized carbons (Fsp3) is 0.211. The minimum atomic E-state index is -3.62. The molecule has 3 aromatic rings. The molecule has 2 aromatic carbocycles. The molecule has 1 fully saturated rings. The van der Waals surface area contributed by atoms with Crippen LogP contribution < -0.4 is 0 Å². The Balaban J connectivity index is 1.47. The number of amides is 1. The Morgan fingerprint density at radius 1 is 0.963 bits per heavy atom. The van der Waals surface area contributed by atoms with E-state index in [9.17, 15) is 13.2 Å². The smallest absolute Gasteiger partial charge is 0.270 e. The highest BCUT2D eigenvalue weighted by atomic mass is 35.5. The average molecular weight is 404 g/mol. The van der Waals surface area contributed by atoms with E-state index in [2.05, 4.69) is 4.98 Å². The molecule has 140 valence electrons. The van der Waals surface area contributed by atoms with Crippen LogP contribution in [-0.2, 0) is 10.0 Å². The highest BCUT2D eigenvalue weighted by Gasteiger charge is 2.30. The van der Waals surface area contributed by atoms with Gasteiger partial charge < -0.3 is 9.88 Å². The number of rotatable bonds is 3. The van der Waals surface area contributed by atoms with Crippen LogP contribution in [0.2, 0.25) is 5.02 Å². The van der Waals surface area contributed by atoms with E-state index in [1.54, 1.807) is 17.0 Å². The van der Waals surface area contributed by atoms with Crippen molar-refractivity contribution in [2.45, 2.75) is 4.90 Å². The first kappa shape index (κ1) is 18.0. The summed E-state index contributed by atoms with van der Waals surface area (Å²) in [5.41, 5.74) is 1.42. The lowest BCUT2D eigenvalue weighted by Gasteiger charge is -2.33. The molecule has 1 N–H and O–H groups in total. The van der Waals surface area contributed by atoms with Crippen molar-refractivity contribution in [3.05, 3.63) is 65.3 Å². The van der Waals surface area contributed by atoms with Crippen molar-refractivity contribution in [3.63, 3.8) is 0 Å². The molecule has 0 aliphatic carbocycles. The van der Waals surface area contributed by atoms with Crippen LogP contribution in [-0.4, -0.2) is 54.7 Å². The van der Waals surface area contributed by atoms with Crippen molar-refractivity contribution in [1.29, 1.82) is 0 Å². The molecule has 0 saturated carbocycles. The highest BCUT2D eigenvalue weighted by molar-refractivity contribution is 7.89. The number of nitrogens with one attached hydrogen (secondary N) is 1. The van der Waals surface area contributed by atoms with E-state index in [4.69, 9.17) is 11.6 Å². The molecular formula is C19H18ClN3O3S. The van der Waals surface area contributed by atoms with E-state index in [0.29, 0.717) is 23.8 Å². The van der Waals surface area contributed by atoms with Crippen molar-refractivity contribution in [3.8, 4) is 0 Å². The predicted octanol–water partition coefficient (Wildman–Crippen LogP) is 2.97. The number of H-pyrrole nitrogens is 1. The van der Waals surface area contributed by atoms with Gasteiger partial charge in [0.05, 0.1) is 4.90 Å². The zero-order chi connectivity index (χ0) is 19.0. The number of hydrogen-bond acceptors (Lipinski definition) is 3. The van der Waals surface area contributed by atoms with Gasteiger partial charge in [-0.25, -0.2) is 8.42 Å². The predicted molar refractivity (Wildman–Crippen MR) is 104 cm³/mol. The number of carbonyl (C=O) groups is 1. The molecular weight excluding hydrogens is 386 g/mol. The molecule has 1 aliphatic heterocycles. The summed E-state index contributed by atoms with van der Waals surface area (Å²) >= 11 is 5.92. The summed E-state index contributed by atoms with van der Waals surface area (Å²) in [6.45, 7) is 1.18. The number of para-hydroxylation sites is 1. The third-order valence-corrected chi connectivity index (χ3v) is 6.85. The molecule has 0 spiro atoms. The van der Waals surface area contributed by atoms with Gasteiger partial charge in [-0.1, -0.05) is 35.9 Å². The number of aromatic nitrogens is 1. The zero-order valence-corrected chi connectivity index (χ0v) is 16.0. The van der Waals surface area contributed by atoms with Crippen LogP contribution in [0.1, 0.15) is 10.5 Å². The molecule has 8 heteroatoms. The monoisotopic (exact) mass is 403 g/mol. The van der Waals surface area contributed by atoms with Gasteiger partial charge in [-0.05, 0) is 30.3 Å². The number of carbonyl (C=O) groups excluding carboxylic acids is 1. The SMILES string of the molecule is O=C(c1cc2ccccc2[nH]1)N1CCN(S(=O)(=O)c2cccc(Cl)c2)CC1. The van der Waals surface area contributed by atoms with Gasteiger partial charge in [-0.3, -0.25) is 4.79 Å². The van der Waals surface area contributed by atoms with Gasteiger partial charge in [-0.15, -0.1) is 0 Å². The van der Waals surface area contributed by atoms with Gasteiger partial charge >= 0.3 is 0 Å². The van der Waals surface area contributed by atoms with Crippen molar-refractivity contribution < 1.29 is 13.2 Å². The summed E-state index contributed by atoms with van der Waals surface area (Å²) in [6, 6.07) is 15.7. The van der Waals surface area contributed by atoms with Gasteiger partial charge in [0.25, 0.3) is 5.91 Å². The molecule has 2 heterocycles. The first-order chi connectivity index (χ1) is 12.9. The Bertz CT molecular complexity index is 1070. The van der Waals surface area contributed by atoms with E-state index in [0.717, 1.165) is 10.9 Å². The largest absolute Gasteiger partial charge is 0.351 e. The average Bonchev–Trinajstić information content (AvgIpc) is 3.12. The molecule has 6 nitrogen and oxygen atoms in total. The van der Waals surface area contributed by atoms with Crippen molar-refractivity contribution >= 4 is 38.4 Å². The number of piperazine rings is 1. The fourth-order valence-electron chi connectivity index (χ4n) is 3.27. The molecule has 4 rings (SSSR count). The summed E-state index contributed by atoms with van der Waals surface area (Å²) in [5, 5.41) is 1.35. The van der Waals surface area contributed by atoms with Crippen LogP contribution in [0.4, 0.5) is 0 Å². The van der Waals surface area contributed by atoms with Crippen molar-refractivity contribution in [2.24, 2.45) is 0 Å². The Morgan fingerprint density at radius 3 is 2.41 bits per heavy atom. The number of hydrogen-bond donors (Lipinski definition) is 1. The number of halogens is 1. The van der Waals surface area contributed by atoms with Gasteiger partial charge in [0, 0.05) is 42.1 Å². The van der Waals surface area contributed by atoms with E-state index in [1.165, 1.54) is 16.4 Å². The number of nitrogens with zero attached hydrogens (tertiary/aromatic N) is 2. The normalized spacial score (nSPS) is 16.0. The Kier molecular flexibility index (Phi) is 4.67. The van der Waals surface area contributed by atoms with Gasteiger partial charge in [0.15, 0.2) is 0 Å². The minimum absolute atomic E-state index is 0.119. The standard InChI is InChI=1S/C19H18ClN3O3S/c20-15-5-3-6-16(13-15)27(25,26)23-10-8-22(9-11-23)19(24)18-12-14-4-1-2-7-17(14)21-18/h1-7,12-13,21H,8-11H2. The van der Waals surface area contributed by atoms with E-state index >= 15 is 0 Å². The molecule has 0 radical (unpaired) electrons. The summed E-state index contributed by atoms with van der Waals surface area (Å²) in [5.74, 6) is -0.119. The molecule has 0 atom stereocenters. The number of fused-ring (bicyclic) bond motifs is 1. The number of sulfonamides is 1. The zero-order valence-electron chi connectivity index (χ0n) is 14.4.